The summed E-state index contributed by atoms with van der Waals surface area (Å²) in [6.45, 7) is 6.87. The highest BCUT2D eigenvalue weighted by Gasteiger charge is 2.22. The Labute approximate surface area is 159 Å². The first-order chi connectivity index (χ1) is 13.1. The summed E-state index contributed by atoms with van der Waals surface area (Å²) in [5.74, 6) is -0.112. The van der Waals surface area contributed by atoms with E-state index in [1.807, 2.05) is 26.0 Å². The maximum Gasteiger partial charge on any atom is 0.272 e. The van der Waals surface area contributed by atoms with E-state index in [4.69, 9.17) is 0 Å². The predicted octanol–water partition coefficient (Wildman–Crippen LogP) is 2.74. The van der Waals surface area contributed by atoms with Crippen LogP contribution in [0.25, 0.3) is 5.65 Å². The zero-order valence-electron chi connectivity index (χ0n) is 15.9. The van der Waals surface area contributed by atoms with E-state index in [1.54, 1.807) is 10.6 Å². The van der Waals surface area contributed by atoms with Crippen molar-refractivity contribution < 1.29 is 4.79 Å². The minimum Gasteiger partial charge on any atom is -0.348 e. The Kier molecular flexibility index (Phi) is 4.90. The number of carbonyl (C=O) groups is 1. The van der Waals surface area contributed by atoms with E-state index in [2.05, 4.69) is 44.6 Å². The quantitative estimate of drug-likeness (QED) is 0.774. The SMILES string of the molecule is Cc1cc(C)n2nc(C(=O)NC3CCN(Cc4ccccc4)CC3)cc2n1. The second kappa shape index (κ2) is 7.48. The molecule has 3 aromatic rings. The zero-order chi connectivity index (χ0) is 18.8. The number of carbonyl (C=O) groups excluding carboxylic acids is 1. The molecule has 0 saturated carbocycles. The molecule has 6 heteroatoms. The minimum atomic E-state index is -0.112. The van der Waals surface area contributed by atoms with Gasteiger partial charge in [-0.1, -0.05) is 30.3 Å². The molecule has 27 heavy (non-hydrogen) atoms. The Morgan fingerprint density at radius 2 is 1.89 bits per heavy atom. The van der Waals surface area contributed by atoms with E-state index in [1.165, 1.54) is 5.56 Å². The van der Waals surface area contributed by atoms with E-state index < -0.39 is 0 Å². The number of nitrogens with one attached hydrogen (secondary N) is 1. The molecule has 1 aliphatic rings. The number of aryl methyl sites for hydroxylation is 2. The van der Waals surface area contributed by atoms with Gasteiger partial charge in [-0.2, -0.15) is 5.10 Å². The number of aromatic nitrogens is 3. The van der Waals surface area contributed by atoms with Gasteiger partial charge in [-0.25, -0.2) is 9.50 Å². The molecule has 0 unspecified atom stereocenters. The molecule has 6 nitrogen and oxygen atoms in total. The molecule has 0 radical (unpaired) electrons. The second-order valence-corrected chi connectivity index (χ2v) is 7.35. The van der Waals surface area contributed by atoms with Gasteiger partial charge in [-0.3, -0.25) is 9.69 Å². The molecule has 3 heterocycles. The van der Waals surface area contributed by atoms with Crippen LogP contribution in [0.15, 0.2) is 42.5 Å². The highest BCUT2D eigenvalue weighted by Crippen LogP contribution is 2.15. The number of rotatable bonds is 4. The fourth-order valence-electron chi connectivity index (χ4n) is 3.73. The first-order valence-electron chi connectivity index (χ1n) is 9.49. The van der Waals surface area contributed by atoms with Gasteiger partial charge in [0.15, 0.2) is 11.3 Å². The number of benzene rings is 1. The summed E-state index contributed by atoms with van der Waals surface area (Å²) < 4.78 is 1.73. The van der Waals surface area contributed by atoms with Gasteiger partial charge in [0.05, 0.1) is 0 Å². The third-order valence-electron chi connectivity index (χ3n) is 5.14. The van der Waals surface area contributed by atoms with Gasteiger partial charge in [-0.05, 0) is 38.3 Å². The van der Waals surface area contributed by atoms with Crippen molar-refractivity contribution in [1.29, 1.82) is 0 Å². The van der Waals surface area contributed by atoms with Crippen LogP contribution in [0.3, 0.4) is 0 Å². The van der Waals surface area contributed by atoms with E-state index in [0.717, 1.165) is 49.5 Å². The van der Waals surface area contributed by atoms with E-state index in [0.29, 0.717) is 5.69 Å². The predicted molar refractivity (Wildman–Crippen MR) is 105 cm³/mol. The third kappa shape index (κ3) is 4.01. The topological polar surface area (TPSA) is 62.5 Å². The highest BCUT2D eigenvalue weighted by molar-refractivity contribution is 5.93. The summed E-state index contributed by atoms with van der Waals surface area (Å²) in [4.78, 5) is 19.5. The van der Waals surface area contributed by atoms with Crippen LogP contribution in [-0.2, 0) is 6.54 Å². The van der Waals surface area contributed by atoms with Crippen molar-refractivity contribution in [3.05, 3.63) is 65.1 Å². The van der Waals surface area contributed by atoms with Crippen LogP contribution < -0.4 is 5.32 Å². The average molecular weight is 363 g/mol. The summed E-state index contributed by atoms with van der Waals surface area (Å²) in [5.41, 5.74) is 4.39. The van der Waals surface area contributed by atoms with Crippen molar-refractivity contribution in [2.45, 2.75) is 39.3 Å². The van der Waals surface area contributed by atoms with Crippen LogP contribution in [0.1, 0.15) is 40.3 Å². The first kappa shape index (κ1) is 17.7. The number of piperidine rings is 1. The molecule has 1 fully saturated rings. The average Bonchev–Trinajstić information content (AvgIpc) is 3.09. The van der Waals surface area contributed by atoms with Crippen LogP contribution >= 0.6 is 0 Å². The minimum absolute atomic E-state index is 0.112. The lowest BCUT2D eigenvalue weighted by molar-refractivity contribution is 0.0903. The van der Waals surface area contributed by atoms with Crippen molar-refractivity contribution >= 4 is 11.6 Å². The number of nitrogens with zero attached hydrogens (tertiary/aromatic N) is 4. The summed E-state index contributed by atoms with van der Waals surface area (Å²) in [5, 5.41) is 7.57. The lowest BCUT2D eigenvalue weighted by Gasteiger charge is -2.32. The molecule has 2 aromatic heterocycles. The smallest absolute Gasteiger partial charge is 0.272 e. The van der Waals surface area contributed by atoms with Gasteiger partial charge in [0, 0.05) is 43.1 Å². The molecule has 1 aliphatic heterocycles. The molecule has 0 atom stereocenters. The fourth-order valence-corrected chi connectivity index (χ4v) is 3.73. The summed E-state index contributed by atoms with van der Waals surface area (Å²) >= 11 is 0. The van der Waals surface area contributed by atoms with Gasteiger partial charge >= 0.3 is 0 Å². The van der Waals surface area contributed by atoms with Crippen molar-refractivity contribution in [3.8, 4) is 0 Å². The Morgan fingerprint density at radius 3 is 2.63 bits per heavy atom. The standard InChI is InChI=1S/C21H25N5O/c1-15-12-16(2)26-20(22-15)13-19(24-26)21(27)23-18-8-10-25(11-9-18)14-17-6-4-3-5-7-17/h3-7,12-13,18H,8-11,14H2,1-2H3,(H,23,27). The number of likely N-dealkylation sites (tertiary alicyclic amines) is 1. The van der Waals surface area contributed by atoms with Crippen LogP contribution in [0.4, 0.5) is 0 Å². The summed E-state index contributed by atoms with van der Waals surface area (Å²) in [7, 11) is 0. The maximum atomic E-state index is 12.6. The van der Waals surface area contributed by atoms with Crippen LogP contribution in [-0.4, -0.2) is 44.5 Å². The van der Waals surface area contributed by atoms with E-state index in [-0.39, 0.29) is 11.9 Å². The Bertz CT molecular complexity index is 942. The molecule has 1 saturated heterocycles. The van der Waals surface area contributed by atoms with Gasteiger partial charge < -0.3 is 5.32 Å². The van der Waals surface area contributed by atoms with Crippen LogP contribution in [0, 0.1) is 13.8 Å². The summed E-state index contributed by atoms with van der Waals surface area (Å²) in [6, 6.07) is 14.5. The van der Waals surface area contributed by atoms with Crippen LogP contribution in [0.2, 0.25) is 0 Å². The third-order valence-corrected chi connectivity index (χ3v) is 5.14. The molecular formula is C21H25N5O. The van der Waals surface area contributed by atoms with E-state index in [9.17, 15) is 4.79 Å². The van der Waals surface area contributed by atoms with Crippen molar-refractivity contribution in [3.63, 3.8) is 0 Å². The number of fused-ring (bicyclic) bond motifs is 1. The lowest BCUT2D eigenvalue weighted by atomic mass is 10.0. The fraction of sp³-hybridized carbons (Fsp3) is 0.381. The van der Waals surface area contributed by atoms with Gasteiger partial charge in [-0.15, -0.1) is 0 Å². The molecule has 0 aliphatic carbocycles. The Hall–Kier alpha value is -2.73. The lowest BCUT2D eigenvalue weighted by Crippen LogP contribution is -2.44. The van der Waals surface area contributed by atoms with Gasteiger partial charge in [0.1, 0.15) is 0 Å². The Balaban J connectivity index is 1.35. The van der Waals surface area contributed by atoms with Crippen LogP contribution in [0.5, 0.6) is 0 Å². The number of hydrogen-bond acceptors (Lipinski definition) is 4. The zero-order valence-corrected chi connectivity index (χ0v) is 15.9. The molecule has 4 rings (SSSR count). The summed E-state index contributed by atoms with van der Waals surface area (Å²) in [6.07, 6.45) is 1.92. The molecule has 0 spiro atoms. The monoisotopic (exact) mass is 363 g/mol. The largest absolute Gasteiger partial charge is 0.348 e. The van der Waals surface area contributed by atoms with Crippen molar-refractivity contribution in [2.75, 3.05) is 13.1 Å². The first-order valence-corrected chi connectivity index (χ1v) is 9.49. The number of amides is 1. The van der Waals surface area contributed by atoms with E-state index >= 15 is 0 Å². The Morgan fingerprint density at radius 1 is 1.15 bits per heavy atom. The molecular weight excluding hydrogens is 338 g/mol. The molecule has 0 bridgehead atoms. The van der Waals surface area contributed by atoms with Crippen molar-refractivity contribution in [2.24, 2.45) is 0 Å². The highest BCUT2D eigenvalue weighted by atomic mass is 16.2. The van der Waals surface area contributed by atoms with Gasteiger partial charge in [0.25, 0.3) is 5.91 Å². The van der Waals surface area contributed by atoms with Crippen molar-refractivity contribution in [1.82, 2.24) is 24.8 Å². The maximum absolute atomic E-state index is 12.6. The van der Waals surface area contributed by atoms with Gasteiger partial charge in [0.2, 0.25) is 0 Å². The normalized spacial score (nSPS) is 15.9. The molecule has 1 aromatic carbocycles. The molecule has 1 N–H and O–H groups in total. The molecule has 140 valence electrons. The number of hydrogen-bond donors (Lipinski definition) is 1. The molecule has 1 amide bonds. The second-order valence-electron chi connectivity index (χ2n) is 7.35.